The molecule has 14 heavy (non-hydrogen) atoms. The fourth-order valence-electron chi connectivity index (χ4n) is 2.13. The molecule has 1 saturated carbocycles. The molecule has 1 heterocycles. The SMILES string of the molecule is CC1(C)C(C(=O)O)C1c1ccc(Cl)o1. The topological polar surface area (TPSA) is 50.4 Å². The molecule has 2 rings (SSSR count). The highest BCUT2D eigenvalue weighted by Crippen LogP contribution is 2.64. The molecule has 1 fully saturated rings. The lowest BCUT2D eigenvalue weighted by Crippen LogP contribution is -2.02. The second-order valence-corrected chi connectivity index (χ2v) is 4.63. The van der Waals surface area contributed by atoms with Crippen LogP contribution in [-0.4, -0.2) is 11.1 Å². The highest BCUT2D eigenvalue weighted by molar-refractivity contribution is 6.28. The molecular weight excluding hydrogens is 204 g/mol. The molecule has 0 bridgehead atoms. The van der Waals surface area contributed by atoms with Gasteiger partial charge in [-0.25, -0.2) is 0 Å². The lowest BCUT2D eigenvalue weighted by molar-refractivity contribution is -0.139. The summed E-state index contributed by atoms with van der Waals surface area (Å²) in [6.45, 7) is 3.85. The molecule has 76 valence electrons. The van der Waals surface area contributed by atoms with Gasteiger partial charge in [-0.1, -0.05) is 13.8 Å². The monoisotopic (exact) mass is 214 g/mol. The van der Waals surface area contributed by atoms with Crippen molar-refractivity contribution in [2.75, 3.05) is 0 Å². The first-order valence-electron chi connectivity index (χ1n) is 4.42. The number of furan rings is 1. The van der Waals surface area contributed by atoms with Crippen LogP contribution in [0, 0.1) is 11.3 Å². The first-order chi connectivity index (χ1) is 6.44. The molecule has 1 aliphatic carbocycles. The third-order valence-corrected chi connectivity index (χ3v) is 3.20. The minimum Gasteiger partial charge on any atom is -0.481 e. The molecule has 4 heteroatoms. The zero-order valence-corrected chi connectivity index (χ0v) is 8.71. The minimum absolute atomic E-state index is 0.0486. The lowest BCUT2D eigenvalue weighted by Gasteiger charge is -1.97. The van der Waals surface area contributed by atoms with Crippen LogP contribution in [0.15, 0.2) is 16.5 Å². The van der Waals surface area contributed by atoms with Gasteiger partial charge in [-0.3, -0.25) is 4.79 Å². The van der Waals surface area contributed by atoms with E-state index in [1.165, 1.54) is 0 Å². The van der Waals surface area contributed by atoms with Crippen molar-refractivity contribution in [2.24, 2.45) is 11.3 Å². The van der Waals surface area contributed by atoms with E-state index in [0.717, 1.165) is 0 Å². The van der Waals surface area contributed by atoms with Gasteiger partial charge in [-0.2, -0.15) is 0 Å². The third-order valence-electron chi connectivity index (χ3n) is 2.99. The summed E-state index contributed by atoms with van der Waals surface area (Å²) in [5.41, 5.74) is -0.229. The van der Waals surface area contributed by atoms with Gasteiger partial charge in [0.05, 0.1) is 5.92 Å². The Hall–Kier alpha value is -0.960. The second-order valence-electron chi connectivity index (χ2n) is 4.26. The highest BCUT2D eigenvalue weighted by Gasteiger charge is 2.64. The Labute approximate surface area is 86.7 Å². The first kappa shape index (κ1) is 9.59. The Balaban J connectivity index is 2.27. The molecule has 0 spiro atoms. The van der Waals surface area contributed by atoms with E-state index in [4.69, 9.17) is 21.1 Å². The average molecular weight is 215 g/mol. The summed E-state index contributed by atoms with van der Waals surface area (Å²) in [6.07, 6.45) is 0. The van der Waals surface area contributed by atoms with E-state index in [1.54, 1.807) is 12.1 Å². The van der Waals surface area contributed by atoms with Crippen LogP contribution in [0.4, 0.5) is 0 Å². The molecule has 0 saturated heterocycles. The van der Waals surface area contributed by atoms with Gasteiger partial charge in [0.2, 0.25) is 0 Å². The summed E-state index contributed by atoms with van der Waals surface area (Å²) in [5, 5.41) is 9.26. The number of carboxylic acid groups (broad SMARTS) is 1. The number of carbonyl (C=O) groups is 1. The molecule has 0 aliphatic heterocycles. The summed E-state index contributed by atoms with van der Waals surface area (Å²) in [5.74, 6) is -0.503. The maximum atomic E-state index is 10.9. The molecule has 0 radical (unpaired) electrons. The second kappa shape index (κ2) is 2.76. The summed E-state index contributed by atoms with van der Waals surface area (Å²) < 4.78 is 5.23. The van der Waals surface area contributed by atoms with Crippen molar-refractivity contribution in [1.82, 2.24) is 0 Å². The van der Waals surface area contributed by atoms with Gasteiger partial charge in [0.15, 0.2) is 5.22 Å². The zero-order valence-electron chi connectivity index (χ0n) is 7.95. The van der Waals surface area contributed by atoms with Crippen LogP contribution in [0.1, 0.15) is 25.5 Å². The molecule has 1 aliphatic rings. The van der Waals surface area contributed by atoms with Gasteiger partial charge >= 0.3 is 5.97 Å². The van der Waals surface area contributed by atoms with Crippen molar-refractivity contribution in [2.45, 2.75) is 19.8 Å². The number of rotatable bonds is 2. The predicted octanol–water partition coefficient (Wildman–Crippen LogP) is 2.76. The van der Waals surface area contributed by atoms with E-state index in [1.807, 2.05) is 13.8 Å². The van der Waals surface area contributed by atoms with Crippen LogP contribution >= 0.6 is 11.6 Å². The maximum Gasteiger partial charge on any atom is 0.307 e. The van der Waals surface area contributed by atoms with Gasteiger partial charge in [-0.05, 0) is 29.1 Å². The summed E-state index contributed by atoms with van der Waals surface area (Å²) in [6, 6.07) is 3.39. The molecule has 1 aromatic heterocycles. The molecule has 0 aromatic carbocycles. The third kappa shape index (κ3) is 1.23. The summed E-state index contributed by atoms with van der Waals surface area (Å²) in [4.78, 5) is 10.9. The van der Waals surface area contributed by atoms with Crippen molar-refractivity contribution in [3.8, 4) is 0 Å². The smallest absolute Gasteiger partial charge is 0.307 e. The van der Waals surface area contributed by atoms with Gasteiger partial charge in [0, 0.05) is 5.92 Å². The fraction of sp³-hybridized carbons (Fsp3) is 0.500. The molecule has 2 unspecified atom stereocenters. The Kier molecular flexibility index (Phi) is 1.89. The number of halogens is 1. The predicted molar refractivity (Wildman–Crippen MR) is 51.4 cm³/mol. The van der Waals surface area contributed by atoms with E-state index in [0.29, 0.717) is 11.0 Å². The van der Waals surface area contributed by atoms with Crippen LogP contribution in [0.5, 0.6) is 0 Å². The van der Waals surface area contributed by atoms with Gasteiger partial charge in [0.1, 0.15) is 5.76 Å². The fourth-order valence-corrected chi connectivity index (χ4v) is 2.28. The Morgan fingerprint density at radius 1 is 1.57 bits per heavy atom. The number of hydrogen-bond acceptors (Lipinski definition) is 2. The first-order valence-corrected chi connectivity index (χ1v) is 4.80. The van der Waals surface area contributed by atoms with Crippen LogP contribution in [0.2, 0.25) is 5.22 Å². The summed E-state index contributed by atoms with van der Waals surface area (Å²) >= 11 is 5.64. The quantitative estimate of drug-likeness (QED) is 0.824. The maximum absolute atomic E-state index is 10.9. The number of aliphatic carboxylic acids is 1. The van der Waals surface area contributed by atoms with E-state index >= 15 is 0 Å². The summed E-state index contributed by atoms with van der Waals surface area (Å²) in [7, 11) is 0. The van der Waals surface area contributed by atoms with Gasteiger partial charge in [0.25, 0.3) is 0 Å². The average Bonchev–Trinajstić information content (AvgIpc) is 2.42. The normalized spacial score (nSPS) is 28.8. The zero-order chi connectivity index (χ0) is 10.5. The van der Waals surface area contributed by atoms with Crippen LogP contribution < -0.4 is 0 Å². The molecule has 1 N–H and O–H groups in total. The number of hydrogen-bond donors (Lipinski definition) is 1. The Bertz CT molecular complexity index is 380. The lowest BCUT2D eigenvalue weighted by atomic mass is 10.1. The van der Waals surface area contributed by atoms with Crippen molar-refractivity contribution in [1.29, 1.82) is 0 Å². The van der Waals surface area contributed by atoms with Crippen LogP contribution in [0.3, 0.4) is 0 Å². The molecule has 1 aromatic rings. The van der Waals surface area contributed by atoms with E-state index in [2.05, 4.69) is 0 Å². The molecule has 3 nitrogen and oxygen atoms in total. The van der Waals surface area contributed by atoms with Crippen LogP contribution in [0.25, 0.3) is 0 Å². The number of carboxylic acids is 1. The molecule has 0 amide bonds. The van der Waals surface area contributed by atoms with Gasteiger partial charge < -0.3 is 9.52 Å². The highest BCUT2D eigenvalue weighted by atomic mass is 35.5. The van der Waals surface area contributed by atoms with Crippen molar-refractivity contribution in [3.63, 3.8) is 0 Å². The van der Waals surface area contributed by atoms with Crippen LogP contribution in [-0.2, 0) is 4.79 Å². The minimum atomic E-state index is -0.771. The largest absolute Gasteiger partial charge is 0.481 e. The van der Waals surface area contributed by atoms with E-state index in [-0.39, 0.29) is 17.3 Å². The van der Waals surface area contributed by atoms with E-state index in [9.17, 15) is 4.79 Å². The van der Waals surface area contributed by atoms with Gasteiger partial charge in [-0.15, -0.1) is 0 Å². The Morgan fingerprint density at radius 3 is 2.57 bits per heavy atom. The standard InChI is InChI=1S/C10H11ClO3/c1-10(2)7(8(10)9(12)13)5-3-4-6(11)14-5/h3-4,7-8H,1-2H3,(H,12,13). The van der Waals surface area contributed by atoms with Crippen molar-refractivity contribution in [3.05, 3.63) is 23.1 Å². The van der Waals surface area contributed by atoms with Crippen molar-refractivity contribution < 1.29 is 14.3 Å². The van der Waals surface area contributed by atoms with E-state index < -0.39 is 5.97 Å². The van der Waals surface area contributed by atoms with Crippen molar-refractivity contribution >= 4 is 17.6 Å². The molecule has 2 atom stereocenters. The molecular formula is C10H11ClO3. The Morgan fingerprint density at radius 2 is 2.21 bits per heavy atom.